The fourth-order valence-corrected chi connectivity index (χ4v) is 5.09. The molecule has 1 fully saturated rings. The number of nitrogens with zero attached hydrogens (tertiary/aromatic N) is 2. The van der Waals surface area contributed by atoms with Gasteiger partial charge in [0.25, 0.3) is 5.91 Å². The lowest BCUT2D eigenvalue weighted by Gasteiger charge is -2.40. The number of benzene rings is 1. The van der Waals surface area contributed by atoms with E-state index in [9.17, 15) is 9.90 Å². The van der Waals surface area contributed by atoms with Gasteiger partial charge < -0.3 is 21.5 Å². The van der Waals surface area contributed by atoms with Crippen molar-refractivity contribution in [2.24, 2.45) is 10.7 Å². The van der Waals surface area contributed by atoms with E-state index in [2.05, 4.69) is 21.6 Å². The summed E-state index contributed by atoms with van der Waals surface area (Å²) in [5.74, 6) is 0.454. The highest BCUT2D eigenvalue weighted by molar-refractivity contribution is 5.96. The second-order valence-corrected chi connectivity index (χ2v) is 9.90. The number of aliphatic hydroxyl groups excluding tert-OH is 1. The largest absolute Gasteiger partial charge is 0.389 e. The lowest BCUT2D eigenvalue weighted by atomic mass is 9.85. The number of carbonyl (C=O) groups is 1. The standard InChI is InChI=1S/C26H41N5O2/c1-6-23(27)30-22(15-28-14-17(2)3)26(4)24(32)21(16-31(26)5)29-25(33)20-13-9-11-18-10-7-8-12-19(18)20/h9,11,13-14,21-22,24,28,32H,6-8,10,12,15-16H2,1-5H3,(H2,27,30)(H,29,33). The first-order valence-corrected chi connectivity index (χ1v) is 12.2. The lowest BCUT2D eigenvalue weighted by Crippen LogP contribution is -2.59. The number of hydrogen-bond acceptors (Lipinski definition) is 5. The molecule has 7 heteroatoms. The van der Waals surface area contributed by atoms with Crippen LogP contribution in [0.15, 0.2) is 35.0 Å². The Labute approximate surface area is 198 Å². The minimum absolute atomic E-state index is 0.105. The monoisotopic (exact) mass is 455 g/mol. The summed E-state index contributed by atoms with van der Waals surface area (Å²) in [6.45, 7) is 9.11. The molecule has 3 rings (SSSR count). The molecular weight excluding hydrogens is 414 g/mol. The van der Waals surface area contributed by atoms with Crippen LogP contribution >= 0.6 is 0 Å². The number of hydrogen-bond donors (Lipinski definition) is 4. The molecule has 2 aliphatic rings. The highest BCUT2D eigenvalue weighted by Gasteiger charge is 2.53. The van der Waals surface area contributed by atoms with Crippen LogP contribution in [0.5, 0.6) is 0 Å². The SMILES string of the molecule is CCC(N)=NC(CNC=C(C)C)C1(C)C(O)C(NC(=O)c2cccc3c2CCCC3)CN1C. The van der Waals surface area contributed by atoms with Gasteiger partial charge >= 0.3 is 0 Å². The maximum absolute atomic E-state index is 13.3. The van der Waals surface area contributed by atoms with Gasteiger partial charge in [-0.25, -0.2) is 0 Å². The van der Waals surface area contributed by atoms with E-state index >= 15 is 0 Å². The van der Waals surface area contributed by atoms with E-state index in [1.165, 1.54) is 12.0 Å². The Balaban J connectivity index is 1.81. The number of allylic oxidation sites excluding steroid dienone is 1. The molecule has 1 heterocycles. The van der Waals surface area contributed by atoms with Crippen LogP contribution in [-0.2, 0) is 12.8 Å². The van der Waals surface area contributed by atoms with Gasteiger partial charge in [-0.05, 0) is 76.9 Å². The molecule has 4 atom stereocenters. The number of aliphatic hydroxyl groups is 1. The van der Waals surface area contributed by atoms with Crippen LogP contribution in [0.3, 0.4) is 0 Å². The maximum atomic E-state index is 13.3. The normalized spacial score (nSPS) is 26.4. The molecule has 0 spiro atoms. The number of likely N-dealkylation sites (N-methyl/N-ethyl adjacent to an activating group) is 1. The third kappa shape index (κ3) is 5.41. The number of carbonyl (C=O) groups excluding carboxylic acids is 1. The topological polar surface area (TPSA) is 103 Å². The molecule has 0 aromatic heterocycles. The molecule has 1 aromatic carbocycles. The van der Waals surface area contributed by atoms with E-state index in [1.807, 2.05) is 53.1 Å². The number of aliphatic imine (C=N–C) groups is 1. The molecule has 182 valence electrons. The highest BCUT2D eigenvalue weighted by Crippen LogP contribution is 2.34. The van der Waals surface area contributed by atoms with Crippen molar-refractivity contribution in [2.75, 3.05) is 20.1 Å². The van der Waals surface area contributed by atoms with Gasteiger partial charge in [0.2, 0.25) is 0 Å². The number of fused-ring (bicyclic) bond motifs is 1. The molecule has 1 amide bonds. The van der Waals surface area contributed by atoms with Gasteiger partial charge in [0, 0.05) is 25.1 Å². The van der Waals surface area contributed by atoms with Crippen molar-refractivity contribution in [2.45, 2.75) is 83.5 Å². The van der Waals surface area contributed by atoms with Crippen molar-refractivity contribution in [1.82, 2.24) is 15.5 Å². The molecular formula is C26H41N5O2. The Morgan fingerprint density at radius 3 is 2.79 bits per heavy atom. The minimum atomic E-state index is -0.794. The second kappa shape index (κ2) is 10.7. The third-order valence-electron chi connectivity index (χ3n) is 7.29. The van der Waals surface area contributed by atoms with Crippen molar-refractivity contribution in [1.29, 1.82) is 0 Å². The first-order chi connectivity index (χ1) is 15.7. The van der Waals surface area contributed by atoms with Crippen LogP contribution in [-0.4, -0.2) is 65.6 Å². The summed E-state index contributed by atoms with van der Waals surface area (Å²) in [7, 11) is 1.98. The summed E-state index contributed by atoms with van der Waals surface area (Å²) in [6, 6.07) is 5.33. The van der Waals surface area contributed by atoms with E-state index in [4.69, 9.17) is 10.7 Å². The molecule has 1 aliphatic heterocycles. The summed E-state index contributed by atoms with van der Waals surface area (Å²) in [4.78, 5) is 20.1. The molecule has 7 nitrogen and oxygen atoms in total. The van der Waals surface area contributed by atoms with Gasteiger partial charge in [-0.3, -0.25) is 14.7 Å². The van der Waals surface area contributed by atoms with Crippen LogP contribution in [0.2, 0.25) is 0 Å². The predicted molar refractivity (Wildman–Crippen MR) is 135 cm³/mol. The predicted octanol–water partition coefficient (Wildman–Crippen LogP) is 2.38. The summed E-state index contributed by atoms with van der Waals surface area (Å²) < 4.78 is 0. The number of nitrogens with two attached hydrogens (primary N) is 1. The summed E-state index contributed by atoms with van der Waals surface area (Å²) >= 11 is 0. The first-order valence-electron chi connectivity index (χ1n) is 12.2. The summed E-state index contributed by atoms with van der Waals surface area (Å²) in [5.41, 5.74) is 9.77. The van der Waals surface area contributed by atoms with Gasteiger partial charge in [-0.2, -0.15) is 0 Å². The van der Waals surface area contributed by atoms with E-state index < -0.39 is 17.7 Å². The zero-order valence-corrected chi connectivity index (χ0v) is 20.8. The molecule has 33 heavy (non-hydrogen) atoms. The number of amidine groups is 1. The fraction of sp³-hybridized carbons (Fsp3) is 0.615. The van der Waals surface area contributed by atoms with Gasteiger partial charge in [-0.15, -0.1) is 0 Å². The number of aryl methyl sites for hydroxylation is 1. The fourth-order valence-electron chi connectivity index (χ4n) is 5.09. The lowest BCUT2D eigenvalue weighted by molar-refractivity contribution is 0.0272. The Morgan fingerprint density at radius 2 is 2.09 bits per heavy atom. The molecule has 1 saturated heterocycles. The number of nitrogens with one attached hydrogen (secondary N) is 2. The zero-order chi connectivity index (χ0) is 24.2. The van der Waals surface area contributed by atoms with E-state index in [0.717, 1.165) is 36.0 Å². The zero-order valence-electron chi connectivity index (χ0n) is 20.8. The molecule has 5 N–H and O–H groups in total. The number of likely N-dealkylation sites (tertiary alicyclic amines) is 1. The van der Waals surface area contributed by atoms with Crippen LogP contribution < -0.4 is 16.4 Å². The van der Waals surface area contributed by atoms with E-state index in [-0.39, 0.29) is 11.9 Å². The van der Waals surface area contributed by atoms with Gasteiger partial charge in [-0.1, -0.05) is 24.6 Å². The van der Waals surface area contributed by atoms with Crippen LogP contribution in [0.25, 0.3) is 0 Å². The molecule has 4 unspecified atom stereocenters. The average molecular weight is 456 g/mol. The maximum Gasteiger partial charge on any atom is 0.251 e. The molecule has 1 aromatic rings. The van der Waals surface area contributed by atoms with E-state index in [0.29, 0.717) is 25.3 Å². The van der Waals surface area contributed by atoms with E-state index in [1.54, 1.807) is 0 Å². The smallest absolute Gasteiger partial charge is 0.251 e. The van der Waals surface area contributed by atoms with Crippen LogP contribution in [0.1, 0.15) is 68.4 Å². The van der Waals surface area contributed by atoms with Gasteiger partial charge in [0.05, 0.1) is 29.6 Å². The van der Waals surface area contributed by atoms with Crippen molar-refractivity contribution in [3.63, 3.8) is 0 Å². The molecule has 0 bridgehead atoms. The van der Waals surface area contributed by atoms with Crippen molar-refractivity contribution < 1.29 is 9.90 Å². The van der Waals surface area contributed by atoms with Gasteiger partial charge in [0.15, 0.2) is 0 Å². The third-order valence-corrected chi connectivity index (χ3v) is 7.29. The van der Waals surface area contributed by atoms with Crippen molar-refractivity contribution in [3.05, 3.63) is 46.7 Å². The summed E-state index contributed by atoms with van der Waals surface area (Å²) in [5, 5.41) is 17.9. The quantitative estimate of drug-likeness (QED) is 0.356. The van der Waals surface area contributed by atoms with Crippen LogP contribution in [0.4, 0.5) is 0 Å². The second-order valence-electron chi connectivity index (χ2n) is 9.90. The van der Waals surface area contributed by atoms with Gasteiger partial charge in [0.1, 0.15) is 0 Å². The molecule has 0 radical (unpaired) electrons. The van der Waals surface area contributed by atoms with Crippen molar-refractivity contribution >= 4 is 11.7 Å². The Kier molecular flexibility index (Phi) is 8.19. The van der Waals surface area contributed by atoms with Crippen molar-refractivity contribution in [3.8, 4) is 0 Å². The summed E-state index contributed by atoms with van der Waals surface area (Å²) in [6.07, 6.45) is 6.06. The Bertz CT molecular complexity index is 908. The minimum Gasteiger partial charge on any atom is -0.389 e. The first kappa shape index (κ1) is 25.2. The molecule has 1 aliphatic carbocycles. The Morgan fingerprint density at radius 1 is 1.36 bits per heavy atom. The molecule has 0 saturated carbocycles. The van der Waals surface area contributed by atoms with Crippen LogP contribution in [0, 0.1) is 0 Å². The average Bonchev–Trinajstić information content (AvgIpc) is 3.01. The Hall–Kier alpha value is -2.38. The number of amides is 1. The number of rotatable bonds is 8. The highest BCUT2D eigenvalue weighted by atomic mass is 16.3.